The predicted octanol–water partition coefficient (Wildman–Crippen LogP) is 6.51. The molecular formula is C33H30ClN3O6S. The first kappa shape index (κ1) is 32.0. The van der Waals surface area contributed by atoms with Crippen LogP contribution in [0.1, 0.15) is 15.9 Å². The van der Waals surface area contributed by atoms with Gasteiger partial charge in [-0.2, -0.15) is 0 Å². The molecule has 0 saturated heterocycles. The maximum Gasteiger partial charge on any atom is 0.272 e. The Bertz CT molecular complexity index is 1660. The summed E-state index contributed by atoms with van der Waals surface area (Å²) >= 11 is 7.37. The van der Waals surface area contributed by atoms with Gasteiger partial charge in [0, 0.05) is 21.2 Å². The van der Waals surface area contributed by atoms with Crippen LogP contribution >= 0.6 is 23.4 Å². The number of rotatable bonds is 12. The van der Waals surface area contributed by atoms with Crippen LogP contribution in [-0.2, 0) is 9.59 Å². The molecule has 0 aliphatic heterocycles. The highest BCUT2D eigenvalue weighted by Crippen LogP contribution is 2.30. The van der Waals surface area contributed by atoms with Gasteiger partial charge in [-0.05, 0) is 78.4 Å². The molecule has 0 spiro atoms. The Morgan fingerprint density at radius 2 is 1.45 bits per heavy atom. The minimum atomic E-state index is -0.528. The van der Waals surface area contributed by atoms with E-state index in [1.165, 1.54) is 33.1 Å². The molecule has 0 heterocycles. The molecule has 4 rings (SSSR count). The lowest BCUT2D eigenvalue weighted by Gasteiger charge is -2.13. The number of nitrogens with one attached hydrogen (secondary N) is 3. The van der Waals surface area contributed by atoms with E-state index in [0.29, 0.717) is 44.8 Å². The van der Waals surface area contributed by atoms with Crippen LogP contribution < -0.4 is 30.2 Å². The molecule has 0 unspecified atom stereocenters. The maximum absolute atomic E-state index is 13.4. The molecule has 0 radical (unpaired) electrons. The van der Waals surface area contributed by atoms with Gasteiger partial charge in [0.1, 0.15) is 11.4 Å². The largest absolute Gasteiger partial charge is 0.495 e. The van der Waals surface area contributed by atoms with Gasteiger partial charge in [-0.25, -0.2) is 0 Å². The average molecular weight is 632 g/mol. The van der Waals surface area contributed by atoms with Gasteiger partial charge in [-0.3, -0.25) is 14.4 Å². The van der Waals surface area contributed by atoms with Gasteiger partial charge in [0.05, 0.1) is 32.8 Å². The Morgan fingerprint density at radius 3 is 2.14 bits per heavy atom. The average Bonchev–Trinajstić information content (AvgIpc) is 3.04. The lowest BCUT2D eigenvalue weighted by atomic mass is 10.1. The lowest BCUT2D eigenvalue weighted by Crippen LogP contribution is -2.30. The second kappa shape index (κ2) is 15.5. The summed E-state index contributed by atoms with van der Waals surface area (Å²) in [5.74, 6) is 0.463. The molecule has 3 N–H and O–H groups in total. The van der Waals surface area contributed by atoms with Crippen molar-refractivity contribution >= 4 is 58.5 Å². The van der Waals surface area contributed by atoms with Gasteiger partial charge in [-0.15, -0.1) is 11.8 Å². The van der Waals surface area contributed by atoms with Crippen LogP contribution in [0.3, 0.4) is 0 Å². The van der Waals surface area contributed by atoms with Crippen molar-refractivity contribution in [3.63, 3.8) is 0 Å². The van der Waals surface area contributed by atoms with E-state index in [0.717, 1.165) is 4.90 Å². The first-order chi connectivity index (χ1) is 21.3. The highest BCUT2D eigenvalue weighted by molar-refractivity contribution is 8.00. The highest BCUT2D eigenvalue weighted by Gasteiger charge is 2.16. The number of thioether (sulfide) groups is 1. The fourth-order valence-corrected chi connectivity index (χ4v) is 4.87. The highest BCUT2D eigenvalue weighted by atomic mass is 35.5. The Morgan fingerprint density at radius 1 is 0.773 bits per heavy atom. The summed E-state index contributed by atoms with van der Waals surface area (Å²) in [6.07, 6.45) is 1.55. The van der Waals surface area contributed by atoms with Crippen LogP contribution in [-0.4, -0.2) is 44.8 Å². The molecule has 0 saturated carbocycles. The molecule has 0 aliphatic rings. The van der Waals surface area contributed by atoms with Crippen molar-refractivity contribution in [1.82, 2.24) is 5.32 Å². The van der Waals surface area contributed by atoms with Crippen molar-refractivity contribution < 1.29 is 28.6 Å². The molecule has 11 heteroatoms. The van der Waals surface area contributed by atoms with Crippen LogP contribution in [0.4, 0.5) is 11.4 Å². The SMILES string of the molecule is COc1ccc(Cl)cc1NC(=O)CSc1ccc(NC(=O)/C(=C/c2ccc(OC)c(OC)c2)NC(=O)c2ccccc2)cc1. The van der Waals surface area contributed by atoms with Gasteiger partial charge in [-0.1, -0.05) is 35.9 Å². The van der Waals surface area contributed by atoms with Crippen molar-refractivity contribution in [2.45, 2.75) is 4.90 Å². The van der Waals surface area contributed by atoms with E-state index in [-0.39, 0.29) is 17.4 Å². The zero-order valence-electron chi connectivity index (χ0n) is 24.2. The monoisotopic (exact) mass is 631 g/mol. The van der Waals surface area contributed by atoms with E-state index < -0.39 is 11.8 Å². The summed E-state index contributed by atoms with van der Waals surface area (Å²) in [5, 5.41) is 8.82. The third-order valence-corrected chi connectivity index (χ3v) is 7.41. The van der Waals surface area contributed by atoms with Crippen LogP contribution in [0.5, 0.6) is 17.2 Å². The van der Waals surface area contributed by atoms with E-state index in [1.807, 2.05) is 0 Å². The molecule has 9 nitrogen and oxygen atoms in total. The zero-order chi connectivity index (χ0) is 31.5. The summed E-state index contributed by atoms with van der Waals surface area (Å²) in [6, 6.07) is 25.7. The molecule has 44 heavy (non-hydrogen) atoms. The number of ether oxygens (including phenoxy) is 3. The third kappa shape index (κ3) is 8.79. The summed E-state index contributed by atoms with van der Waals surface area (Å²) in [7, 11) is 4.56. The normalized spacial score (nSPS) is 10.9. The Balaban J connectivity index is 1.45. The van der Waals surface area contributed by atoms with Crippen molar-refractivity contribution in [3.05, 3.63) is 113 Å². The van der Waals surface area contributed by atoms with Crippen LogP contribution in [0.2, 0.25) is 5.02 Å². The first-order valence-electron chi connectivity index (χ1n) is 13.3. The second-order valence-electron chi connectivity index (χ2n) is 9.15. The predicted molar refractivity (Wildman–Crippen MR) is 174 cm³/mol. The number of hydrogen-bond donors (Lipinski definition) is 3. The van der Waals surface area contributed by atoms with E-state index >= 15 is 0 Å². The fraction of sp³-hybridized carbons (Fsp3) is 0.121. The number of hydrogen-bond acceptors (Lipinski definition) is 7. The maximum atomic E-state index is 13.4. The van der Waals surface area contributed by atoms with Gasteiger partial charge in [0.25, 0.3) is 11.8 Å². The lowest BCUT2D eigenvalue weighted by molar-refractivity contribution is -0.114. The number of carbonyl (C=O) groups is 3. The zero-order valence-corrected chi connectivity index (χ0v) is 25.8. The van der Waals surface area contributed by atoms with Crippen LogP contribution in [0.25, 0.3) is 6.08 Å². The molecule has 4 aromatic rings. The Hall–Kier alpha value is -4.93. The summed E-state index contributed by atoms with van der Waals surface area (Å²) in [4.78, 5) is 39.7. The van der Waals surface area contributed by atoms with E-state index in [1.54, 1.807) is 97.1 Å². The quantitative estimate of drug-likeness (QED) is 0.121. The summed E-state index contributed by atoms with van der Waals surface area (Å²) in [6.45, 7) is 0. The minimum Gasteiger partial charge on any atom is -0.495 e. The second-order valence-corrected chi connectivity index (χ2v) is 10.6. The number of halogens is 1. The number of methoxy groups -OCH3 is 3. The third-order valence-electron chi connectivity index (χ3n) is 6.17. The van der Waals surface area contributed by atoms with Crippen molar-refractivity contribution in [1.29, 1.82) is 0 Å². The van der Waals surface area contributed by atoms with E-state index in [9.17, 15) is 14.4 Å². The van der Waals surface area contributed by atoms with Crippen molar-refractivity contribution in [2.24, 2.45) is 0 Å². The summed E-state index contributed by atoms with van der Waals surface area (Å²) in [5.41, 5.74) is 2.02. The van der Waals surface area contributed by atoms with Crippen LogP contribution in [0.15, 0.2) is 102 Å². The molecule has 3 amide bonds. The molecule has 4 aromatic carbocycles. The number of benzene rings is 4. The molecule has 0 bridgehead atoms. The fourth-order valence-electron chi connectivity index (χ4n) is 4.00. The number of amides is 3. The first-order valence-corrected chi connectivity index (χ1v) is 14.6. The number of carbonyl (C=O) groups excluding carboxylic acids is 3. The molecular weight excluding hydrogens is 602 g/mol. The van der Waals surface area contributed by atoms with Gasteiger partial charge in [0.2, 0.25) is 5.91 Å². The molecule has 0 aliphatic carbocycles. The Kier molecular flexibility index (Phi) is 11.3. The van der Waals surface area contributed by atoms with E-state index in [2.05, 4.69) is 16.0 Å². The standard InChI is InChI=1S/C33H30ClN3O6S/c1-41-28-16-10-23(34)19-26(28)36-31(38)20-44-25-13-11-24(12-14-25)35-33(40)27(37-32(39)22-7-5-4-6-8-22)17-21-9-15-29(42-2)30(18-21)43-3/h4-19H,20H2,1-3H3,(H,35,40)(H,36,38)(H,37,39)/b27-17-. The molecule has 0 fully saturated rings. The Labute approximate surface area is 264 Å². The molecule has 0 atom stereocenters. The van der Waals surface area contributed by atoms with Gasteiger partial charge in [0.15, 0.2) is 11.5 Å². The topological polar surface area (TPSA) is 115 Å². The van der Waals surface area contributed by atoms with Crippen LogP contribution in [0, 0.1) is 0 Å². The van der Waals surface area contributed by atoms with Gasteiger partial charge >= 0.3 is 0 Å². The van der Waals surface area contributed by atoms with Crippen molar-refractivity contribution in [2.75, 3.05) is 37.7 Å². The minimum absolute atomic E-state index is 0.0256. The smallest absolute Gasteiger partial charge is 0.272 e. The summed E-state index contributed by atoms with van der Waals surface area (Å²) < 4.78 is 15.9. The molecule has 0 aromatic heterocycles. The van der Waals surface area contributed by atoms with Gasteiger partial charge < -0.3 is 30.2 Å². The van der Waals surface area contributed by atoms with Crippen molar-refractivity contribution in [3.8, 4) is 17.2 Å². The van der Waals surface area contributed by atoms with E-state index in [4.69, 9.17) is 25.8 Å². The molecule has 226 valence electrons. The number of anilines is 2.